The van der Waals surface area contributed by atoms with Crippen molar-refractivity contribution in [2.75, 3.05) is 10.7 Å². The second-order valence-electron chi connectivity index (χ2n) is 14.0. The fourth-order valence-electron chi connectivity index (χ4n) is 5.27. The zero-order valence-corrected chi connectivity index (χ0v) is 28.8. The lowest BCUT2D eigenvalue weighted by atomic mass is 9.78. The van der Waals surface area contributed by atoms with Gasteiger partial charge in [0.2, 0.25) is 0 Å². The summed E-state index contributed by atoms with van der Waals surface area (Å²) in [5, 5.41) is 2.36. The molecule has 3 heterocycles. The maximum absolute atomic E-state index is 15.8. The zero-order valence-electron chi connectivity index (χ0n) is 27.9. The van der Waals surface area contributed by atoms with Gasteiger partial charge in [0.15, 0.2) is 9.84 Å². The van der Waals surface area contributed by atoms with Crippen LogP contribution in [0.1, 0.15) is 59.6 Å². The van der Waals surface area contributed by atoms with Gasteiger partial charge in [0.05, 0.1) is 45.3 Å². The van der Waals surface area contributed by atoms with Crippen molar-refractivity contribution < 1.29 is 49.6 Å². The molecular formula is C33H36BF4N3O7S. The first-order valence-corrected chi connectivity index (χ1v) is 17.0. The first-order valence-electron chi connectivity index (χ1n) is 15.3. The number of sulfone groups is 1. The molecule has 3 aromatic rings. The molecule has 0 unspecified atom stereocenters. The maximum Gasteiger partial charge on any atom is 0.497 e. The van der Waals surface area contributed by atoms with Gasteiger partial charge in [-0.3, -0.25) is 9.78 Å². The number of anilines is 1. The lowest BCUT2D eigenvalue weighted by molar-refractivity contribution is -0.137. The standard InChI is InChI=1S/C33H36BF4N3O7S/c1-30(2,3)46-29(43)40-25-18-49(44,45)27-15-23(35)22(34-47-31(4,5)32(6,7)48-34)14-26(27)41(28(25)42)17-19-8-10-20(11-9-19)24-13-12-21(16-39-24)33(36,37)38/h8-16,25H,17-18H2,1-7H3,(H,40,43)/t25-/m0/s1. The van der Waals surface area contributed by atoms with E-state index < -0.39 is 80.0 Å². The van der Waals surface area contributed by atoms with E-state index in [4.69, 9.17) is 14.0 Å². The number of nitrogens with one attached hydrogen (secondary N) is 1. The third-order valence-electron chi connectivity index (χ3n) is 8.53. The summed E-state index contributed by atoms with van der Waals surface area (Å²) in [5.41, 5.74) is -2.62. The van der Waals surface area contributed by atoms with Gasteiger partial charge >= 0.3 is 19.4 Å². The van der Waals surface area contributed by atoms with Gasteiger partial charge in [-0.05, 0) is 78.3 Å². The molecule has 262 valence electrons. The number of nitrogens with zero attached hydrogens (tertiary/aromatic N) is 2. The Morgan fingerprint density at radius 2 is 1.65 bits per heavy atom. The molecular weight excluding hydrogens is 669 g/mol. The van der Waals surface area contributed by atoms with E-state index in [1.165, 1.54) is 12.1 Å². The van der Waals surface area contributed by atoms with Crippen molar-refractivity contribution in [2.24, 2.45) is 0 Å². The summed E-state index contributed by atoms with van der Waals surface area (Å²) in [7, 11) is -5.62. The minimum Gasteiger partial charge on any atom is -0.444 e. The third-order valence-corrected chi connectivity index (χ3v) is 10.3. The van der Waals surface area contributed by atoms with Gasteiger partial charge in [-0.1, -0.05) is 24.3 Å². The maximum atomic E-state index is 15.8. The number of pyridine rings is 1. The van der Waals surface area contributed by atoms with Crippen LogP contribution in [0.15, 0.2) is 59.6 Å². The number of alkyl halides is 3. The molecule has 1 N–H and O–H groups in total. The van der Waals surface area contributed by atoms with E-state index in [2.05, 4.69) is 10.3 Å². The molecule has 10 nitrogen and oxygen atoms in total. The zero-order chi connectivity index (χ0) is 36.3. The lowest BCUT2D eigenvalue weighted by Gasteiger charge is -2.32. The molecule has 1 aromatic heterocycles. The number of aromatic nitrogens is 1. The van der Waals surface area contributed by atoms with Gasteiger partial charge < -0.3 is 24.3 Å². The van der Waals surface area contributed by atoms with Gasteiger partial charge in [0.1, 0.15) is 17.5 Å². The predicted octanol–water partition coefficient (Wildman–Crippen LogP) is 5.42. The number of halogens is 4. The normalized spacial score (nSPS) is 20.1. The Bertz CT molecular complexity index is 1860. The minimum atomic E-state index is -4.54. The van der Waals surface area contributed by atoms with Crippen molar-refractivity contribution in [1.82, 2.24) is 10.3 Å². The number of carbonyl (C=O) groups is 2. The van der Waals surface area contributed by atoms with Crippen LogP contribution in [0.5, 0.6) is 0 Å². The van der Waals surface area contributed by atoms with E-state index in [1.807, 2.05) is 0 Å². The Balaban J connectivity index is 1.55. The van der Waals surface area contributed by atoms with Gasteiger partial charge in [0, 0.05) is 17.2 Å². The highest BCUT2D eigenvalue weighted by Gasteiger charge is 2.53. The quantitative estimate of drug-likeness (QED) is 0.276. The van der Waals surface area contributed by atoms with Crippen molar-refractivity contribution in [3.05, 3.63) is 71.7 Å². The Kier molecular flexibility index (Phi) is 9.17. The minimum absolute atomic E-state index is 0.132. The van der Waals surface area contributed by atoms with Crippen LogP contribution in [-0.4, -0.2) is 61.1 Å². The smallest absolute Gasteiger partial charge is 0.444 e. The Morgan fingerprint density at radius 3 is 2.18 bits per heavy atom. The fraction of sp³-hybridized carbons (Fsp3) is 0.424. The largest absolute Gasteiger partial charge is 0.497 e. The third kappa shape index (κ3) is 7.60. The molecule has 5 rings (SSSR count). The first-order chi connectivity index (χ1) is 22.5. The first kappa shape index (κ1) is 36.3. The van der Waals surface area contributed by atoms with Crippen molar-refractivity contribution >= 4 is 40.1 Å². The molecule has 2 aliphatic rings. The van der Waals surface area contributed by atoms with Crippen molar-refractivity contribution in [3.63, 3.8) is 0 Å². The number of amides is 2. The monoisotopic (exact) mass is 705 g/mol. The number of alkyl carbamates (subject to hydrolysis) is 1. The van der Waals surface area contributed by atoms with Crippen LogP contribution in [0.3, 0.4) is 0 Å². The molecule has 1 fully saturated rings. The van der Waals surface area contributed by atoms with Gasteiger partial charge in [-0.2, -0.15) is 13.2 Å². The van der Waals surface area contributed by atoms with Crippen LogP contribution >= 0.6 is 0 Å². The second-order valence-corrected chi connectivity index (χ2v) is 16.0. The predicted molar refractivity (Wildman–Crippen MR) is 173 cm³/mol. The number of rotatable bonds is 5. The average molecular weight is 706 g/mol. The van der Waals surface area contributed by atoms with Gasteiger partial charge in [0.25, 0.3) is 5.91 Å². The summed E-state index contributed by atoms with van der Waals surface area (Å²) >= 11 is 0. The Morgan fingerprint density at radius 1 is 1.04 bits per heavy atom. The van der Waals surface area contributed by atoms with Crippen molar-refractivity contribution in [3.8, 4) is 11.3 Å². The van der Waals surface area contributed by atoms with Crippen LogP contribution < -0.4 is 15.7 Å². The summed E-state index contributed by atoms with van der Waals surface area (Å²) in [4.78, 5) is 31.4. The van der Waals surface area contributed by atoms with Crippen LogP contribution in [0, 0.1) is 5.82 Å². The Labute approximate surface area is 282 Å². The average Bonchev–Trinajstić information content (AvgIpc) is 3.16. The molecule has 0 bridgehead atoms. The number of hydrogen-bond acceptors (Lipinski definition) is 8. The highest BCUT2D eigenvalue weighted by molar-refractivity contribution is 7.91. The fourth-order valence-corrected chi connectivity index (χ4v) is 6.88. The van der Waals surface area contributed by atoms with E-state index in [0.717, 1.165) is 23.2 Å². The number of carbonyl (C=O) groups excluding carboxylic acids is 2. The highest BCUT2D eigenvalue weighted by Crippen LogP contribution is 2.38. The molecule has 49 heavy (non-hydrogen) atoms. The summed E-state index contributed by atoms with van der Waals surface area (Å²) in [6.45, 7) is 11.6. The van der Waals surface area contributed by atoms with Gasteiger partial charge in [-0.25, -0.2) is 17.6 Å². The van der Waals surface area contributed by atoms with Crippen LogP contribution in [0.2, 0.25) is 0 Å². The van der Waals surface area contributed by atoms with E-state index in [1.54, 1.807) is 72.7 Å². The van der Waals surface area contributed by atoms with E-state index in [0.29, 0.717) is 11.1 Å². The summed E-state index contributed by atoms with van der Waals surface area (Å²) in [5.74, 6) is -2.61. The summed E-state index contributed by atoms with van der Waals surface area (Å²) in [6, 6.07) is 8.93. The van der Waals surface area contributed by atoms with E-state index in [-0.39, 0.29) is 23.4 Å². The van der Waals surface area contributed by atoms with Crippen molar-refractivity contribution in [2.45, 2.75) is 88.9 Å². The molecule has 2 aromatic carbocycles. The summed E-state index contributed by atoms with van der Waals surface area (Å²) in [6.07, 6.45) is -4.84. The topological polar surface area (TPSA) is 124 Å². The Hall–Kier alpha value is -4.02. The highest BCUT2D eigenvalue weighted by atomic mass is 32.2. The summed E-state index contributed by atoms with van der Waals surface area (Å²) < 4.78 is 99.6. The molecule has 2 amide bonds. The lowest BCUT2D eigenvalue weighted by Crippen LogP contribution is -2.51. The molecule has 16 heteroatoms. The molecule has 0 radical (unpaired) electrons. The molecule has 1 atom stereocenters. The SMILES string of the molecule is CC(C)(C)OC(=O)N[C@H]1CS(=O)(=O)c2cc(F)c(B3OC(C)(C)C(C)(C)O3)cc2N(Cc2ccc(-c3ccc(C(F)(F)F)cn3)cc2)C1=O. The van der Waals surface area contributed by atoms with Crippen molar-refractivity contribution in [1.29, 1.82) is 0 Å². The molecule has 1 saturated heterocycles. The number of fused-ring (bicyclic) bond motifs is 1. The number of ether oxygens (including phenoxy) is 1. The second kappa shape index (κ2) is 12.4. The van der Waals surface area contributed by atoms with Crippen LogP contribution in [0.25, 0.3) is 11.3 Å². The molecule has 0 spiro atoms. The molecule has 0 saturated carbocycles. The number of benzene rings is 2. The van der Waals surface area contributed by atoms with Gasteiger partial charge in [-0.15, -0.1) is 0 Å². The van der Waals surface area contributed by atoms with Crippen LogP contribution in [0.4, 0.5) is 28.0 Å². The molecule has 0 aliphatic carbocycles. The molecule has 2 aliphatic heterocycles. The van der Waals surface area contributed by atoms with E-state index in [9.17, 15) is 31.2 Å². The number of hydrogen-bond donors (Lipinski definition) is 1. The van der Waals surface area contributed by atoms with Crippen LogP contribution in [-0.2, 0) is 41.4 Å². The van der Waals surface area contributed by atoms with E-state index >= 15 is 4.39 Å².